The third-order valence-electron chi connectivity index (χ3n) is 3.79. The van der Waals surface area contributed by atoms with Crippen LogP contribution in [0.25, 0.3) is 10.2 Å². The van der Waals surface area contributed by atoms with Crippen LogP contribution in [0.2, 0.25) is 5.02 Å². The molecule has 0 amide bonds. The summed E-state index contributed by atoms with van der Waals surface area (Å²) in [5.74, 6) is -0.341. The Morgan fingerprint density at radius 3 is 2.67 bits per heavy atom. The molecular formula is C18H17ClN2O2S. The fourth-order valence-corrected chi connectivity index (χ4v) is 3.91. The lowest BCUT2D eigenvalue weighted by Gasteiger charge is -2.26. The number of rotatable bonds is 5. The second-order valence-corrected chi connectivity index (χ2v) is 6.96. The van der Waals surface area contributed by atoms with E-state index >= 15 is 0 Å². The van der Waals surface area contributed by atoms with Gasteiger partial charge in [-0.2, -0.15) is 0 Å². The summed E-state index contributed by atoms with van der Waals surface area (Å²) in [7, 11) is 3.26. The van der Waals surface area contributed by atoms with E-state index in [0.717, 1.165) is 20.8 Å². The molecular weight excluding hydrogens is 344 g/mol. The molecule has 6 heteroatoms. The van der Waals surface area contributed by atoms with Gasteiger partial charge in [-0.05, 0) is 30.8 Å². The minimum atomic E-state index is -0.573. The summed E-state index contributed by atoms with van der Waals surface area (Å²) < 4.78 is 6.12. The highest BCUT2D eigenvalue weighted by atomic mass is 35.5. The van der Waals surface area contributed by atoms with Crippen molar-refractivity contribution in [2.24, 2.45) is 0 Å². The van der Waals surface area contributed by atoms with Gasteiger partial charge in [-0.1, -0.05) is 41.9 Å². The quantitative estimate of drug-likeness (QED) is 0.636. The van der Waals surface area contributed by atoms with Crippen molar-refractivity contribution >= 4 is 39.1 Å². The van der Waals surface area contributed by atoms with Crippen LogP contribution in [0.3, 0.4) is 0 Å². The maximum absolute atomic E-state index is 12.3. The lowest BCUT2D eigenvalue weighted by atomic mass is 10.1. The van der Waals surface area contributed by atoms with Gasteiger partial charge < -0.3 is 4.74 Å². The predicted octanol–water partition coefficient (Wildman–Crippen LogP) is 4.30. The number of hydrogen-bond donors (Lipinski definition) is 0. The maximum atomic E-state index is 12.3. The van der Waals surface area contributed by atoms with Crippen LogP contribution in [0.5, 0.6) is 0 Å². The molecule has 2 aromatic carbocycles. The molecule has 1 aromatic heterocycles. The molecule has 0 aliphatic rings. The first kappa shape index (κ1) is 16.9. The van der Waals surface area contributed by atoms with E-state index in [0.29, 0.717) is 11.6 Å². The van der Waals surface area contributed by atoms with Gasteiger partial charge in [-0.15, -0.1) is 11.3 Å². The van der Waals surface area contributed by atoms with Gasteiger partial charge in [0.15, 0.2) is 0 Å². The van der Waals surface area contributed by atoms with Gasteiger partial charge in [-0.3, -0.25) is 4.90 Å². The van der Waals surface area contributed by atoms with E-state index < -0.39 is 6.04 Å². The summed E-state index contributed by atoms with van der Waals surface area (Å²) in [4.78, 5) is 18.9. The highest BCUT2D eigenvalue weighted by Crippen LogP contribution is 2.30. The molecule has 1 atom stereocenters. The van der Waals surface area contributed by atoms with Crippen molar-refractivity contribution in [2.45, 2.75) is 12.6 Å². The SMILES string of the molecule is COC(=O)[C@@H](c1ccccc1Cl)N(C)Cc1nc2ccccc2s1. The van der Waals surface area contributed by atoms with Gasteiger partial charge in [0.25, 0.3) is 0 Å². The van der Waals surface area contributed by atoms with Crippen molar-refractivity contribution in [3.05, 3.63) is 64.1 Å². The van der Waals surface area contributed by atoms with Gasteiger partial charge in [0.05, 0.1) is 23.9 Å². The number of likely N-dealkylation sites (N-methyl/N-ethyl adjacent to an activating group) is 1. The number of benzene rings is 2. The Labute approximate surface area is 149 Å². The monoisotopic (exact) mass is 360 g/mol. The molecule has 0 bridgehead atoms. The number of esters is 1. The zero-order valence-corrected chi connectivity index (χ0v) is 15.0. The first-order chi connectivity index (χ1) is 11.6. The van der Waals surface area contributed by atoms with E-state index in [1.807, 2.05) is 54.4 Å². The molecule has 4 nitrogen and oxygen atoms in total. The molecule has 0 unspecified atom stereocenters. The summed E-state index contributed by atoms with van der Waals surface area (Å²) in [6.45, 7) is 0.532. The van der Waals surface area contributed by atoms with Gasteiger partial charge in [0.1, 0.15) is 11.0 Å². The standard InChI is InChI=1S/C18H17ClN2O2S/c1-21(11-16-20-14-9-5-6-10-15(14)24-16)17(18(22)23-2)12-7-3-4-8-13(12)19/h3-10,17H,11H2,1-2H3/t17-/m1/s1. The fraction of sp³-hybridized carbons (Fsp3) is 0.222. The predicted molar refractivity (Wildman–Crippen MR) is 97.3 cm³/mol. The van der Waals surface area contributed by atoms with Crippen molar-refractivity contribution < 1.29 is 9.53 Å². The number of thiazole rings is 1. The Bertz CT molecular complexity index is 832. The highest BCUT2D eigenvalue weighted by Gasteiger charge is 2.28. The molecule has 0 saturated carbocycles. The average Bonchev–Trinajstić information content (AvgIpc) is 2.98. The smallest absolute Gasteiger partial charge is 0.327 e. The van der Waals surface area contributed by atoms with E-state index in [4.69, 9.17) is 16.3 Å². The Hall–Kier alpha value is -1.95. The molecule has 0 saturated heterocycles. The third-order valence-corrected chi connectivity index (χ3v) is 5.15. The zero-order valence-electron chi connectivity index (χ0n) is 13.4. The minimum absolute atomic E-state index is 0.341. The molecule has 3 aromatic rings. The number of methoxy groups -OCH3 is 1. The normalized spacial score (nSPS) is 12.5. The van der Waals surface area contributed by atoms with E-state index in [1.54, 1.807) is 17.4 Å². The minimum Gasteiger partial charge on any atom is -0.468 e. The van der Waals surface area contributed by atoms with Crippen molar-refractivity contribution in [1.82, 2.24) is 9.88 Å². The van der Waals surface area contributed by atoms with Crippen LogP contribution in [0.1, 0.15) is 16.6 Å². The maximum Gasteiger partial charge on any atom is 0.327 e. The largest absolute Gasteiger partial charge is 0.468 e. The van der Waals surface area contributed by atoms with Crippen molar-refractivity contribution in [1.29, 1.82) is 0 Å². The van der Waals surface area contributed by atoms with Crippen molar-refractivity contribution in [2.75, 3.05) is 14.2 Å². The lowest BCUT2D eigenvalue weighted by molar-refractivity contribution is -0.147. The second-order valence-electron chi connectivity index (χ2n) is 5.44. The van der Waals surface area contributed by atoms with Gasteiger partial charge >= 0.3 is 5.97 Å². The first-order valence-electron chi connectivity index (χ1n) is 7.47. The van der Waals surface area contributed by atoms with Gasteiger partial charge in [0.2, 0.25) is 0 Å². The van der Waals surface area contributed by atoms with E-state index in [2.05, 4.69) is 4.98 Å². The summed E-state index contributed by atoms with van der Waals surface area (Å²) in [5, 5.41) is 1.49. The molecule has 0 N–H and O–H groups in total. The first-order valence-corrected chi connectivity index (χ1v) is 8.66. The van der Waals surface area contributed by atoms with E-state index in [-0.39, 0.29) is 5.97 Å². The molecule has 3 rings (SSSR count). The fourth-order valence-electron chi connectivity index (χ4n) is 2.65. The van der Waals surface area contributed by atoms with Crippen LogP contribution in [-0.2, 0) is 16.1 Å². The Balaban J connectivity index is 1.90. The molecule has 124 valence electrons. The Morgan fingerprint density at radius 2 is 1.96 bits per heavy atom. The second kappa shape index (κ2) is 7.30. The van der Waals surface area contributed by atoms with Crippen molar-refractivity contribution in [3.63, 3.8) is 0 Å². The summed E-state index contributed by atoms with van der Waals surface area (Å²) in [5.41, 5.74) is 1.70. The van der Waals surface area contributed by atoms with Crippen LogP contribution >= 0.6 is 22.9 Å². The topological polar surface area (TPSA) is 42.4 Å². The van der Waals surface area contributed by atoms with Crippen molar-refractivity contribution in [3.8, 4) is 0 Å². The van der Waals surface area contributed by atoms with E-state index in [9.17, 15) is 4.79 Å². The molecule has 0 aliphatic carbocycles. The number of hydrogen-bond acceptors (Lipinski definition) is 5. The molecule has 0 radical (unpaired) electrons. The van der Waals surface area contributed by atoms with Crippen LogP contribution in [0.4, 0.5) is 0 Å². The molecule has 0 fully saturated rings. The lowest BCUT2D eigenvalue weighted by Crippen LogP contribution is -2.31. The molecule has 0 spiro atoms. The number of fused-ring (bicyclic) bond motifs is 1. The molecule has 0 aliphatic heterocycles. The number of halogens is 1. The highest BCUT2D eigenvalue weighted by molar-refractivity contribution is 7.18. The van der Waals surface area contributed by atoms with Crippen LogP contribution in [0.15, 0.2) is 48.5 Å². The Morgan fingerprint density at radius 1 is 1.25 bits per heavy atom. The summed E-state index contributed by atoms with van der Waals surface area (Å²) in [6, 6.07) is 14.7. The van der Waals surface area contributed by atoms with Crippen LogP contribution in [-0.4, -0.2) is 30.0 Å². The Kier molecular flexibility index (Phi) is 5.14. The number of carbonyl (C=O) groups is 1. The third kappa shape index (κ3) is 3.43. The number of aromatic nitrogens is 1. The van der Waals surface area contributed by atoms with Crippen LogP contribution in [0, 0.1) is 0 Å². The average molecular weight is 361 g/mol. The number of para-hydroxylation sites is 1. The summed E-state index contributed by atoms with van der Waals surface area (Å²) in [6.07, 6.45) is 0. The number of nitrogens with zero attached hydrogens (tertiary/aromatic N) is 2. The van der Waals surface area contributed by atoms with Gasteiger partial charge in [-0.25, -0.2) is 9.78 Å². The summed E-state index contributed by atoms with van der Waals surface area (Å²) >= 11 is 7.91. The molecule has 1 heterocycles. The van der Waals surface area contributed by atoms with E-state index in [1.165, 1.54) is 7.11 Å². The molecule has 24 heavy (non-hydrogen) atoms. The van der Waals surface area contributed by atoms with Gasteiger partial charge in [0, 0.05) is 5.02 Å². The number of ether oxygens (including phenoxy) is 1. The van der Waals surface area contributed by atoms with Crippen LogP contribution < -0.4 is 0 Å². The number of carbonyl (C=O) groups excluding carboxylic acids is 1. The zero-order chi connectivity index (χ0) is 17.1.